The van der Waals surface area contributed by atoms with E-state index in [0.717, 1.165) is 10.9 Å². The highest BCUT2D eigenvalue weighted by molar-refractivity contribution is 5.96. The Morgan fingerprint density at radius 1 is 1.27 bits per heavy atom. The second-order valence-corrected chi connectivity index (χ2v) is 5.94. The van der Waals surface area contributed by atoms with Gasteiger partial charge in [0.15, 0.2) is 5.69 Å². The van der Waals surface area contributed by atoms with Crippen molar-refractivity contribution in [2.24, 2.45) is 0 Å². The first-order chi connectivity index (χ1) is 12.5. The molecule has 134 valence electrons. The van der Waals surface area contributed by atoms with Crippen LogP contribution >= 0.6 is 0 Å². The number of hydrogen-bond acceptors (Lipinski definition) is 5. The highest BCUT2D eigenvalue weighted by Crippen LogP contribution is 2.21. The first-order valence-corrected chi connectivity index (χ1v) is 8.33. The van der Waals surface area contributed by atoms with Gasteiger partial charge in [0.2, 0.25) is 0 Å². The summed E-state index contributed by atoms with van der Waals surface area (Å²) >= 11 is 0. The number of aromatic nitrogens is 4. The number of para-hydroxylation sites is 1. The maximum Gasteiger partial charge on any atom is 0.326 e. The highest BCUT2D eigenvalue weighted by Gasteiger charge is 2.24. The largest absolute Gasteiger partial charge is 0.480 e. The van der Waals surface area contributed by atoms with Gasteiger partial charge in [0.25, 0.3) is 5.91 Å². The van der Waals surface area contributed by atoms with Crippen LogP contribution in [0.25, 0.3) is 16.6 Å². The quantitative estimate of drug-likeness (QED) is 0.702. The summed E-state index contributed by atoms with van der Waals surface area (Å²) in [6.45, 7) is 3.57. The minimum absolute atomic E-state index is 0.0975. The van der Waals surface area contributed by atoms with Crippen LogP contribution in [0.4, 0.5) is 0 Å². The van der Waals surface area contributed by atoms with E-state index in [1.807, 2.05) is 37.3 Å². The molecule has 1 aromatic carbocycles. The van der Waals surface area contributed by atoms with Crippen molar-refractivity contribution in [3.05, 3.63) is 47.9 Å². The molecule has 3 aromatic rings. The van der Waals surface area contributed by atoms with E-state index in [4.69, 9.17) is 0 Å². The second-order valence-electron chi connectivity index (χ2n) is 5.94. The molecule has 1 atom stereocenters. The Kier molecular flexibility index (Phi) is 4.92. The molecule has 3 rings (SSSR count). The molecule has 2 N–H and O–H groups in total. The van der Waals surface area contributed by atoms with Crippen molar-refractivity contribution < 1.29 is 14.7 Å². The van der Waals surface area contributed by atoms with Crippen molar-refractivity contribution in [3.63, 3.8) is 0 Å². The fourth-order valence-electron chi connectivity index (χ4n) is 2.80. The molecule has 0 fully saturated rings. The Morgan fingerprint density at radius 2 is 2.04 bits per heavy atom. The van der Waals surface area contributed by atoms with Crippen LogP contribution in [0.3, 0.4) is 0 Å². The summed E-state index contributed by atoms with van der Waals surface area (Å²) in [6, 6.07) is 8.50. The van der Waals surface area contributed by atoms with E-state index in [-0.39, 0.29) is 5.69 Å². The molecule has 0 radical (unpaired) electrons. The van der Waals surface area contributed by atoms with Gasteiger partial charge in [0, 0.05) is 11.6 Å². The lowest BCUT2D eigenvalue weighted by molar-refractivity contribution is -0.139. The van der Waals surface area contributed by atoms with Crippen LogP contribution in [0.15, 0.2) is 36.5 Å². The molecule has 8 nitrogen and oxygen atoms in total. The standard InChI is InChI=1S/C18H19N5O3/c1-3-6-13(18(25)26)20-17(24)15-11(2)23(22-21-15)14-9-4-7-12-8-5-10-19-16(12)14/h4-5,7-10,13H,3,6H2,1-2H3,(H,20,24)(H,25,26). The van der Waals surface area contributed by atoms with Gasteiger partial charge in [-0.3, -0.25) is 9.78 Å². The summed E-state index contributed by atoms with van der Waals surface area (Å²) < 4.78 is 1.54. The van der Waals surface area contributed by atoms with E-state index in [1.165, 1.54) is 0 Å². The summed E-state index contributed by atoms with van der Waals surface area (Å²) in [6.07, 6.45) is 2.68. The molecule has 0 aliphatic heterocycles. The van der Waals surface area contributed by atoms with Gasteiger partial charge >= 0.3 is 5.97 Å². The topological polar surface area (TPSA) is 110 Å². The van der Waals surface area contributed by atoms with Crippen molar-refractivity contribution >= 4 is 22.8 Å². The fourth-order valence-corrected chi connectivity index (χ4v) is 2.80. The van der Waals surface area contributed by atoms with Crippen LogP contribution < -0.4 is 5.32 Å². The Hall–Kier alpha value is -3.29. The summed E-state index contributed by atoms with van der Waals surface area (Å²) in [5, 5.41) is 20.7. The van der Waals surface area contributed by atoms with Crippen LogP contribution in [0.2, 0.25) is 0 Å². The molecule has 0 saturated carbocycles. The number of carbonyl (C=O) groups is 2. The monoisotopic (exact) mass is 353 g/mol. The van der Waals surface area contributed by atoms with E-state index in [1.54, 1.807) is 17.8 Å². The molecular weight excluding hydrogens is 334 g/mol. The summed E-state index contributed by atoms with van der Waals surface area (Å²) in [4.78, 5) is 28.1. The zero-order valence-corrected chi connectivity index (χ0v) is 14.5. The van der Waals surface area contributed by atoms with Crippen molar-refractivity contribution in [3.8, 4) is 5.69 Å². The molecule has 1 unspecified atom stereocenters. The van der Waals surface area contributed by atoms with E-state index < -0.39 is 17.9 Å². The molecule has 2 aromatic heterocycles. The number of carboxylic acid groups (broad SMARTS) is 1. The number of carboxylic acids is 1. The normalized spacial score (nSPS) is 12.1. The third-order valence-corrected chi connectivity index (χ3v) is 4.13. The first-order valence-electron chi connectivity index (χ1n) is 8.33. The van der Waals surface area contributed by atoms with E-state index in [2.05, 4.69) is 20.6 Å². The third-order valence-electron chi connectivity index (χ3n) is 4.13. The zero-order chi connectivity index (χ0) is 18.7. The molecule has 0 aliphatic rings. The number of carbonyl (C=O) groups excluding carboxylic acids is 1. The number of amides is 1. The van der Waals surface area contributed by atoms with Crippen molar-refractivity contribution in [1.82, 2.24) is 25.3 Å². The molecule has 0 aliphatic carbocycles. The summed E-state index contributed by atoms with van der Waals surface area (Å²) in [5.74, 6) is -1.62. The smallest absolute Gasteiger partial charge is 0.326 e. The lowest BCUT2D eigenvalue weighted by atomic mass is 10.1. The average molecular weight is 353 g/mol. The Bertz CT molecular complexity index is 961. The summed E-state index contributed by atoms with van der Waals surface area (Å²) in [5.41, 5.74) is 2.06. The minimum Gasteiger partial charge on any atom is -0.480 e. The predicted molar refractivity (Wildman–Crippen MR) is 95.2 cm³/mol. The van der Waals surface area contributed by atoms with Gasteiger partial charge in [-0.2, -0.15) is 0 Å². The summed E-state index contributed by atoms with van der Waals surface area (Å²) in [7, 11) is 0. The van der Waals surface area contributed by atoms with Crippen LogP contribution in [0, 0.1) is 6.92 Å². The fraction of sp³-hybridized carbons (Fsp3) is 0.278. The maximum absolute atomic E-state index is 12.5. The molecular formula is C18H19N5O3. The number of fused-ring (bicyclic) bond motifs is 1. The molecule has 26 heavy (non-hydrogen) atoms. The minimum atomic E-state index is -1.07. The van der Waals surface area contributed by atoms with Gasteiger partial charge in [-0.15, -0.1) is 5.10 Å². The molecule has 0 bridgehead atoms. The molecule has 2 heterocycles. The molecule has 1 amide bonds. The van der Waals surface area contributed by atoms with Crippen molar-refractivity contribution in [2.45, 2.75) is 32.7 Å². The average Bonchev–Trinajstić information content (AvgIpc) is 3.02. The zero-order valence-electron chi connectivity index (χ0n) is 14.5. The lowest BCUT2D eigenvalue weighted by Gasteiger charge is -2.12. The van der Waals surface area contributed by atoms with Crippen molar-refractivity contribution in [1.29, 1.82) is 0 Å². The predicted octanol–water partition coefficient (Wildman–Crippen LogP) is 2.11. The first kappa shape index (κ1) is 17.5. The highest BCUT2D eigenvalue weighted by atomic mass is 16.4. The Balaban J connectivity index is 1.95. The lowest BCUT2D eigenvalue weighted by Crippen LogP contribution is -2.41. The van der Waals surface area contributed by atoms with E-state index >= 15 is 0 Å². The van der Waals surface area contributed by atoms with Crippen LogP contribution in [-0.4, -0.2) is 43.0 Å². The number of nitrogens with zero attached hydrogens (tertiary/aromatic N) is 4. The van der Waals surface area contributed by atoms with Crippen LogP contribution in [0.1, 0.15) is 35.9 Å². The van der Waals surface area contributed by atoms with Gasteiger partial charge in [0.05, 0.1) is 16.9 Å². The Labute approximate surface area is 149 Å². The number of hydrogen-bond donors (Lipinski definition) is 2. The maximum atomic E-state index is 12.5. The second kappa shape index (κ2) is 7.30. The Morgan fingerprint density at radius 3 is 2.77 bits per heavy atom. The van der Waals surface area contributed by atoms with Gasteiger partial charge in [-0.05, 0) is 25.5 Å². The number of aliphatic carboxylic acids is 1. The van der Waals surface area contributed by atoms with Crippen molar-refractivity contribution in [2.75, 3.05) is 0 Å². The number of benzene rings is 1. The number of rotatable bonds is 6. The van der Waals surface area contributed by atoms with E-state index in [0.29, 0.717) is 24.2 Å². The molecule has 0 spiro atoms. The molecule has 0 saturated heterocycles. The van der Waals surface area contributed by atoms with Gasteiger partial charge in [-0.25, -0.2) is 9.48 Å². The van der Waals surface area contributed by atoms with Gasteiger partial charge in [0.1, 0.15) is 6.04 Å². The van der Waals surface area contributed by atoms with Crippen LogP contribution in [0.5, 0.6) is 0 Å². The molecule has 8 heteroatoms. The van der Waals surface area contributed by atoms with Gasteiger partial charge < -0.3 is 10.4 Å². The van der Waals surface area contributed by atoms with Crippen LogP contribution in [-0.2, 0) is 4.79 Å². The number of nitrogens with one attached hydrogen (secondary N) is 1. The number of pyridine rings is 1. The SMILES string of the molecule is CCCC(NC(=O)c1nnn(-c2cccc3cccnc23)c1C)C(=O)O. The third kappa shape index (κ3) is 3.26. The van der Waals surface area contributed by atoms with Gasteiger partial charge in [-0.1, -0.05) is 36.8 Å². The van der Waals surface area contributed by atoms with E-state index in [9.17, 15) is 14.7 Å².